The van der Waals surface area contributed by atoms with Crippen LogP contribution >= 0.6 is 24.0 Å². The largest absolute Gasteiger partial charge is 0.361 e. The molecule has 3 aromatic rings. The maximum Gasteiger partial charge on any atom is 0.252 e. The van der Waals surface area contributed by atoms with Gasteiger partial charge in [0.05, 0.1) is 5.56 Å². The summed E-state index contributed by atoms with van der Waals surface area (Å²) in [5.74, 6) is 0.271. The van der Waals surface area contributed by atoms with Gasteiger partial charge in [0, 0.05) is 55.7 Å². The van der Waals surface area contributed by atoms with Crippen molar-refractivity contribution in [3.8, 4) is 0 Å². The van der Waals surface area contributed by atoms with Gasteiger partial charge in [0.2, 0.25) is 0 Å². The number of halogens is 2. The van der Waals surface area contributed by atoms with Crippen LogP contribution in [-0.4, -0.2) is 48.0 Å². The zero-order valence-corrected chi connectivity index (χ0v) is 19.1. The molecule has 7 nitrogen and oxygen atoms in total. The first-order valence-corrected chi connectivity index (χ1v) is 9.63. The minimum Gasteiger partial charge on any atom is -0.361 e. The zero-order chi connectivity index (χ0) is 20.5. The third-order valence-corrected chi connectivity index (χ3v) is 4.35. The quantitative estimate of drug-likeness (QED) is 0.158. The van der Waals surface area contributed by atoms with E-state index >= 15 is 0 Å². The normalized spacial score (nSPS) is 11.1. The molecule has 2 aromatic heterocycles. The number of carbonyl (C=O) groups is 1. The van der Waals surface area contributed by atoms with E-state index in [4.69, 9.17) is 0 Å². The first-order valence-electron chi connectivity index (χ1n) is 9.63. The van der Waals surface area contributed by atoms with Crippen molar-refractivity contribution in [1.29, 1.82) is 0 Å². The maximum absolute atomic E-state index is 13.5. The van der Waals surface area contributed by atoms with Crippen LogP contribution in [0.4, 0.5) is 4.39 Å². The van der Waals surface area contributed by atoms with E-state index in [1.807, 2.05) is 13.1 Å². The third-order valence-electron chi connectivity index (χ3n) is 4.35. The van der Waals surface area contributed by atoms with E-state index in [9.17, 15) is 9.18 Å². The van der Waals surface area contributed by atoms with Crippen molar-refractivity contribution in [2.24, 2.45) is 4.99 Å². The van der Waals surface area contributed by atoms with Gasteiger partial charge in [-0.05, 0) is 49.2 Å². The highest BCUT2D eigenvalue weighted by atomic mass is 127. The molecule has 0 radical (unpaired) electrons. The summed E-state index contributed by atoms with van der Waals surface area (Å²) in [5, 5.41) is 10.1. The average molecular weight is 524 g/mol. The van der Waals surface area contributed by atoms with Crippen molar-refractivity contribution < 1.29 is 9.18 Å². The molecule has 4 N–H and O–H groups in total. The van der Waals surface area contributed by atoms with Crippen LogP contribution in [0.5, 0.6) is 0 Å². The summed E-state index contributed by atoms with van der Waals surface area (Å²) < 4.78 is 13.5. The molecule has 0 spiro atoms. The molecule has 1 amide bonds. The molecule has 160 valence electrons. The molecule has 0 saturated carbocycles. The molecule has 1 aromatic carbocycles. The second kappa shape index (κ2) is 12.1. The molecule has 0 aliphatic rings. The van der Waals surface area contributed by atoms with E-state index in [0.29, 0.717) is 37.6 Å². The molecule has 0 unspecified atom stereocenters. The smallest absolute Gasteiger partial charge is 0.252 e. The highest BCUT2D eigenvalue weighted by Gasteiger charge is 2.06. The molecule has 3 rings (SSSR count). The predicted molar refractivity (Wildman–Crippen MR) is 128 cm³/mol. The minimum absolute atomic E-state index is 0. The highest BCUT2D eigenvalue weighted by Crippen LogP contribution is 2.19. The van der Waals surface area contributed by atoms with Gasteiger partial charge in [-0.15, -0.1) is 24.0 Å². The number of fused-ring (bicyclic) bond motifs is 1. The van der Waals surface area contributed by atoms with Gasteiger partial charge in [0.15, 0.2) is 5.96 Å². The van der Waals surface area contributed by atoms with Gasteiger partial charge in [-0.3, -0.25) is 14.8 Å². The first-order chi connectivity index (χ1) is 14.2. The molecule has 0 bridgehead atoms. The number of rotatable bonds is 8. The summed E-state index contributed by atoms with van der Waals surface area (Å²) in [6.07, 6.45) is 5.75. The Morgan fingerprint density at radius 1 is 1.20 bits per heavy atom. The van der Waals surface area contributed by atoms with E-state index in [1.165, 1.54) is 12.3 Å². The van der Waals surface area contributed by atoms with Gasteiger partial charge in [-0.1, -0.05) is 0 Å². The van der Waals surface area contributed by atoms with Crippen LogP contribution in [0.1, 0.15) is 22.8 Å². The lowest BCUT2D eigenvalue weighted by Crippen LogP contribution is -2.41. The van der Waals surface area contributed by atoms with Gasteiger partial charge in [0.25, 0.3) is 5.91 Å². The fraction of sp³-hybridized carbons (Fsp3) is 0.286. The standard InChI is InChI=1S/C21H25FN6O.HI/c1-2-24-21(27-11-10-25-20(29)16-4-3-8-23-13-16)26-9-7-15-14-28-19-6-5-17(22)12-18(15)19;/h3-6,8,12-14,28H,2,7,9-11H2,1H3,(H,25,29)(H2,24,26,27);1H. The monoisotopic (exact) mass is 524 g/mol. The van der Waals surface area contributed by atoms with Crippen LogP contribution < -0.4 is 16.0 Å². The number of aromatic nitrogens is 2. The molecule has 2 heterocycles. The Morgan fingerprint density at radius 2 is 2.03 bits per heavy atom. The zero-order valence-electron chi connectivity index (χ0n) is 16.7. The van der Waals surface area contributed by atoms with E-state index in [1.54, 1.807) is 30.5 Å². The highest BCUT2D eigenvalue weighted by molar-refractivity contribution is 14.0. The van der Waals surface area contributed by atoms with Crippen molar-refractivity contribution in [2.45, 2.75) is 13.3 Å². The number of guanidine groups is 1. The molecule has 0 atom stereocenters. The van der Waals surface area contributed by atoms with Crippen molar-refractivity contribution in [3.05, 3.63) is 65.9 Å². The summed E-state index contributed by atoms with van der Waals surface area (Å²) in [6.45, 7) is 4.27. The number of hydrogen-bond acceptors (Lipinski definition) is 3. The predicted octanol–water partition coefficient (Wildman–Crippen LogP) is 2.85. The molecule has 9 heteroatoms. The second-order valence-corrected chi connectivity index (χ2v) is 6.44. The minimum atomic E-state index is -0.245. The van der Waals surface area contributed by atoms with Crippen LogP contribution in [0, 0.1) is 5.82 Å². The summed E-state index contributed by atoms with van der Waals surface area (Å²) in [5.41, 5.74) is 2.48. The molecule has 30 heavy (non-hydrogen) atoms. The lowest BCUT2D eigenvalue weighted by molar-refractivity contribution is 0.0954. The Balaban J connectivity index is 0.00000320. The van der Waals surface area contributed by atoms with E-state index in [0.717, 1.165) is 23.0 Å². The van der Waals surface area contributed by atoms with Crippen molar-refractivity contribution in [2.75, 3.05) is 26.2 Å². The third kappa shape index (κ3) is 6.68. The Hall–Kier alpha value is -2.69. The van der Waals surface area contributed by atoms with Gasteiger partial charge < -0.3 is 20.9 Å². The molecule has 0 aliphatic carbocycles. The summed E-state index contributed by atoms with van der Waals surface area (Å²) in [4.78, 5) is 23.6. The molecular weight excluding hydrogens is 498 g/mol. The lowest BCUT2D eigenvalue weighted by atomic mass is 10.1. The summed E-state index contributed by atoms with van der Waals surface area (Å²) >= 11 is 0. The topological polar surface area (TPSA) is 94.2 Å². The van der Waals surface area contributed by atoms with E-state index in [2.05, 4.69) is 30.9 Å². The number of hydrogen-bond donors (Lipinski definition) is 4. The number of pyridine rings is 1. The van der Waals surface area contributed by atoms with Gasteiger partial charge >= 0.3 is 0 Å². The van der Waals surface area contributed by atoms with Crippen LogP contribution in [0.25, 0.3) is 10.9 Å². The number of H-pyrrole nitrogens is 1. The van der Waals surface area contributed by atoms with Crippen LogP contribution in [0.2, 0.25) is 0 Å². The van der Waals surface area contributed by atoms with Crippen LogP contribution in [0.3, 0.4) is 0 Å². The fourth-order valence-electron chi connectivity index (χ4n) is 2.94. The molecule has 0 saturated heterocycles. The van der Waals surface area contributed by atoms with Gasteiger partial charge in [-0.2, -0.15) is 0 Å². The molecule has 0 aliphatic heterocycles. The summed E-state index contributed by atoms with van der Waals surface area (Å²) in [6, 6.07) is 8.17. The lowest BCUT2D eigenvalue weighted by Gasteiger charge is -2.12. The Kier molecular flexibility index (Phi) is 9.52. The number of amides is 1. The van der Waals surface area contributed by atoms with Crippen molar-refractivity contribution in [1.82, 2.24) is 25.9 Å². The Morgan fingerprint density at radius 3 is 2.80 bits per heavy atom. The number of nitrogens with zero attached hydrogens (tertiary/aromatic N) is 2. The molecule has 0 fully saturated rings. The maximum atomic E-state index is 13.5. The number of aliphatic imine (C=N–C) groups is 1. The number of carbonyl (C=O) groups excluding carboxylic acids is 1. The molecular formula is C21H26FIN6O. The summed E-state index contributed by atoms with van der Waals surface area (Å²) in [7, 11) is 0. The SMILES string of the molecule is CCNC(=NCCc1c[nH]c2ccc(F)cc12)NCCNC(=O)c1cccnc1.I. The van der Waals surface area contributed by atoms with Gasteiger partial charge in [0.1, 0.15) is 5.82 Å². The number of nitrogens with one attached hydrogen (secondary N) is 4. The van der Waals surface area contributed by atoms with Crippen LogP contribution in [-0.2, 0) is 6.42 Å². The number of aromatic amines is 1. The Labute approximate surface area is 192 Å². The second-order valence-electron chi connectivity index (χ2n) is 6.44. The fourth-order valence-corrected chi connectivity index (χ4v) is 2.94. The van der Waals surface area contributed by atoms with Gasteiger partial charge in [-0.25, -0.2) is 4.39 Å². The van der Waals surface area contributed by atoms with Crippen molar-refractivity contribution >= 4 is 46.7 Å². The first kappa shape index (κ1) is 23.6. The number of benzene rings is 1. The van der Waals surface area contributed by atoms with E-state index < -0.39 is 0 Å². The van der Waals surface area contributed by atoms with E-state index in [-0.39, 0.29) is 35.7 Å². The average Bonchev–Trinajstić information content (AvgIpc) is 3.13. The Bertz CT molecular complexity index is 976. The van der Waals surface area contributed by atoms with Crippen LogP contribution in [0.15, 0.2) is 53.9 Å². The van der Waals surface area contributed by atoms with Crippen molar-refractivity contribution in [3.63, 3.8) is 0 Å².